The van der Waals surface area contributed by atoms with Crippen LogP contribution in [0.5, 0.6) is 0 Å². The molecule has 1 aromatic carbocycles. The zero-order chi connectivity index (χ0) is 13.0. The van der Waals surface area contributed by atoms with Crippen LogP contribution in [0.4, 0.5) is 0 Å². The number of amides is 1. The minimum atomic E-state index is -0.766. The average molecular weight is 234 g/mol. The van der Waals surface area contributed by atoms with E-state index in [4.69, 9.17) is 5.84 Å². The number of carbonyl (C=O) groups is 2. The lowest BCUT2D eigenvalue weighted by molar-refractivity contribution is -0.117. The highest BCUT2D eigenvalue weighted by Crippen LogP contribution is 2.20. The molecule has 0 spiro atoms. The van der Waals surface area contributed by atoms with Crippen molar-refractivity contribution in [3.05, 3.63) is 34.4 Å². The van der Waals surface area contributed by atoms with Crippen molar-refractivity contribution in [1.82, 2.24) is 5.43 Å². The van der Waals surface area contributed by atoms with Gasteiger partial charge in [0.25, 0.3) is 5.78 Å². The summed E-state index contributed by atoms with van der Waals surface area (Å²) in [5.41, 5.74) is 5.29. The van der Waals surface area contributed by atoms with Crippen molar-refractivity contribution in [2.75, 3.05) is 0 Å². The number of hydrogen-bond donors (Lipinski definition) is 2. The van der Waals surface area contributed by atoms with Crippen LogP contribution in [0.3, 0.4) is 0 Å². The van der Waals surface area contributed by atoms with Crippen molar-refractivity contribution in [3.8, 4) is 0 Å². The summed E-state index contributed by atoms with van der Waals surface area (Å²) in [6, 6.07) is 3.88. The van der Waals surface area contributed by atoms with E-state index in [9.17, 15) is 9.59 Å². The van der Waals surface area contributed by atoms with Crippen molar-refractivity contribution >= 4 is 11.7 Å². The number of nitrogens with one attached hydrogen (secondary N) is 1. The summed E-state index contributed by atoms with van der Waals surface area (Å²) in [5, 5.41) is 0. The third-order valence-corrected chi connectivity index (χ3v) is 2.77. The number of benzene rings is 1. The molecule has 0 heterocycles. The van der Waals surface area contributed by atoms with Gasteiger partial charge in [0.05, 0.1) is 0 Å². The first kappa shape index (κ1) is 13.4. The zero-order valence-corrected chi connectivity index (χ0v) is 10.5. The molecule has 0 aliphatic rings. The first-order valence-corrected chi connectivity index (χ1v) is 5.72. The average Bonchev–Trinajstić information content (AvgIpc) is 2.35. The molecule has 0 aromatic heterocycles. The lowest BCUT2D eigenvalue weighted by Crippen LogP contribution is -2.37. The van der Waals surface area contributed by atoms with Crippen LogP contribution < -0.4 is 11.3 Å². The maximum atomic E-state index is 12.0. The van der Waals surface area contributed by atoms with Gasteiger partial charge in [-0.15, -0.1) is 0 Å². The summed E-state index contributed by atoms with van der Waals surface area (Å²) in [6.45, 7) is 5.91. The van der Waals surface area contributed by atoms with Crippen LogP contribution in [0.25, 0.3) is 0 Å². The molecule has 0 atom stereocenters. The van der Waals surface area contributed by atoms with Gasteiger partial charge in [0.1, 0.15) is 0 Å². The number of hydrazine groups is 1. The highest BCUT2D eigenvalue weighted by atomic mass is 16.2. The van der Waals surface area contributed by atoms with Crippen molar-refractivity contribution in [2.45, 2.75) is 33.6 Å². The van der Waals surface area contributed by atoms with Crippen LogP contribution in [-0.4, -0.2) is 11.7 Å². The van der Waals surface area contributed by atoms with E-state index in [0.29, 0.717) is 18.4 Å². The summed E-state index contributed by atoms with van der Waals surface area (Å²) in [6.07, 6.45) is 1.43. The fourth-order valence-electron chi connectivity index (χ4n) is 1.97. The molecule has 0 bridgehead atoms. The Bertz CT molecular complexity index is 428. The molecule has 4 nitrogen and oxygen atoms in total. The van der Waals surface area contributed by atoms with Crippen molar-refractivity contribution in [1.29, 1.82) is 0 Å². The summed E-state index contributed by atoms with van der Waals surface area (Å²) >= 11 is 0. The molecule has 0 saturated heterocycles. The molecule has 92 valence electrons. The molecule has 1 amide bonds. The predicted octanol–water partition coefficient (Wildman–Crippen LogP) is 1.29. The topological polar surface area (TPSA) is 72.2 Å². The van der Waals surface area contributed by atoms with E-state index in [1.165, 1.54) is 0 Å². The zero-order valence-electron chi connectivity index (χ0n) is 10.5. The smallest absolute Gasteiger partial charge is 0.287 e. The molecule has 1 rings (SSSR count). The molecular formula is C13H18N2O2. The molecule has 0 radical (unpaired) electrons. The SMILES string of the molecule is CCc1cc(C)cc(CC)c1C(=O)C(=O)NN. The molecule has 1 aromatic rings. The van der Waals surface area contributed by atoms with E-state index < -0.39 is 11.7 Å². The van der Waals surface area contributed by atoms with E-state index in [2.05, 4.69) is 0 Å². The van der Waals surface area contributed by atoms with Crippen LogP contribution in [0.1, 0.15) is 40.9 Å². The third kappa shape index (κ3) is 2.71. The minimum absolute atomic E-state index is 0.503. The van der Waals surface area contributed by atoms with Gasteiger partial charge in [0.2, 0.25) is 0 Å². The quantitative estimate of drug-likeness (QED) is 0.271. The number of hydrogen-bond acceptors (Lipinski definition) is 3. The van der Waals surface area contributed by atoms with Crippen LogP contribution >= 0.6 is 0 Å². The molecule has 3 N–H and O–H groups in total. The van der Waals surface area contributed by atoms with E-state index in [-0.39, 0.29) is 0 Å². The van der Waals surface area contributed by atoms with Crippen molar-refractivity contribution < 1.29 is 9.59 Å². The van der Waals surface area contributed by atoms with E-state index in [1.54, 1.807) is 0 Å². The predicted molar refractivity (Wildman–Crippen MR) is 66.6 cm³/mol. The van der Waals surface area contributed by atoms with Gasteiger partial charge in [0.15, 0.2) is 0 Å². The number of aryl methyl sites for hydroxylation is 3. The second-order valence-electron chi connectivity index (χ2n) is 3.97. The maximum Gasteiger partial charge on any atom is 0.306 e. The van der Waals surface area contributed by atoms with Gasteiger partial charge >= 0.3 is 5.91 Å². The molecule has 0 aliphatic heterocycles. The third-order valence-electron chi connectivity index (χ3n) is 2.77. The Hall–Kier alpha value is -1.68. The molecule has 0 fully saturated rings. The van der Waals surface area contributed by atoms with Gasteiger partial charge in [-0.1, -0.05) is 31.5 Å². The molecule has 0 unspecified atom stereocenters. The molecule has 4 heteroatoms. The highest BCUT2D eigenvalue weighted by Gasteiger charge is 2.21. The fourth-order valence-corrected chi connectivity index (χ4v) is 1.97. The van der Waals surface area contributed by atoms with Gasteiger partial charge in [-0.25, -0.2) is 5.84 Å². The number of carbonyl (C=O) groups excluding carboxylic acids is 2. The lowest BCUT2D eigenvalue weighted by Gasteiger charge is -2.12. The minimum Gasteiger partial charge on any atom is -0.287 e. The van der Waals surface area contributed by atoms with Gasteiger partial charge in [-0.3, -0.25) is 15.0 Å². The second kappa shape index (κ2) is 5.59. The summed E-state index contributed by atoms with van der Waals surface area (Å²) in [7, 11) is 0. The molecule has 0 aliphatic carbocycles. The van der Waals surface area contributed by atoms with Gasteiger partial charge in [-0.2, -0.15) is 0 Å². The standard InChI is InChI=1S/C13H18N2O2/c1-4-9-6-8(3)7-10(5-2)11(9)12(16)13(17)15-14/h6-7H,4-5,14H2,1-3H3,(H,15,17). The number of Topliss-reactive ketones (excluding diaryl/α,β-unsaturated/α-hetero) is 1. The lowest BCUT2D eigenvalue weighted by atomic mass is 9.92. The maximum absolute atomic E-state index is 12.0. The van der Waals surface area contributed by atoms with Gasteiger partial charge in [0, 0.05) is 5.56 Å². The monoisotopic (exact) mass is 234 g/mol. The summed E-state index contributed by atoms with van der Waals surface area (Å²) in [5.74, 6) is 3.68. The summed E-state index contributed by atoms with van der Waals surface area (Å²) < 4.78 is 0. The van der Waals surface area contributed by atoms with Crippen LogP contribution in [0.2, 0.25) is 0 Å². The van der Waals surface area contributed by atoms with Crippen LogP contribution in [0, 0.1) is 6.92 Å². The Kier molecular flexibility index (Phi) is 4.40. The van der Waals surface area contributed by atoms with Crippen molar-refractivity contribution in [3.63, 3.8) is 0 Å². The van der Waals surface area contributed by atoms with Crippen molar-refractivity contribution in [2.24, 2.45) is 5.84 Å². The highest BCUT2D eigenvalue weighted by molar-refractivity contribution is 6.43. The number of nitrogens with two attached hydrogens (primary N) is 1. The van der Waals surface area contributed by atoms with Crippen LogP contribution in [-0.2, 0) is 17.6 Å². The van der Waals surface area contributed by atoms with E-state index in [0.717, 1.165) is 16.7 Å². The first-order chi connectivity index (χ1) is 8.04. The Morgan fingerprint density at radius 3 is 2.00 bits per heavy atom. The van der Waals surface area contributed by atoms with E-state index >= 15 is 0 Å². The number of ketones is 1. The Balaban J connectivity index is 3.38. The largest absolute Gasteiger partial charge is 0.306 e. The second-order valence-corrected chi connectivity index (χ2v) is 3.97. The Morgan fingerprint density at radius 1 is 1.18 bits per heavy atom. The molecule has 17 heavy (non-hydrogen) atoms. The normalized spacial score (nSPS) is 10.1. The molecular weight excluding hydrogens is 216 g/mol. The van der Waals surface area contributed by atoms with Gasteiger partial charge < -0.3 is 0 Å². The Labute approximate surface area is 101 Å². The fraction of sp³-hybridized carbons (Fsp3) is 0.385. The van der Waals surface area contributed by atoms with Crippen LogP contribution in [0.15, 0.2) is 12.1 Å². The van der Waals surface area contributed by atoms with E-state index in [1.807, 2.05) is 38.3 Å². The summed E-state index contributed by atoms with van der Waals surface area (Å²) in [4.78, 5) is 23.3. The first-order valence-electron chi connectivity index (χ1n) is 5.72. The Morgan fingerprint density at radius 2 is 1.65 bits per heavy atom. The molecule has 0 saturated carbocycles. The van der Waals surface area contributed by atoms with Gasteiger partial charge in [-0.05, 0) is 30.9 Å². The number of rotatable bonds is 4.